The van der Waals surface area contributed by atoms with E-state index in [2.05, 4.69) is 15.3 Å². The van der Waals surface area contributed by atoms with Gasteiger partial charge in [-0.15, -0.1) is 0 Å². The first kappa shape index (κ1) is 17.2. The van der Waals surface area contributed by atoms with Crippen molar-refractivity contribution >= 4 is 29.0 Å². The first-order valence-electron chi connectivity index (χ1n) is 7.36. The van der Waals surface area contributed by atoms with Gasteiger partial charge in [-0.25, -0.2) is 9.98 Å². The number of carbonyl (C=O) groups is 1. The number of pyridine rings is 1. The highest BCUT2D eigenvalue weighted by Crippen LogP contribution is 2.18. The smallest absolute Gasteiger partial charge is 0.253 e. The maximum absolute atomic E-state index is 11.6. The number of aliphatic hydroxyl groups excluding tert-OH is 1. The number of aromatic nitrogens is 1. The molecule has 0 aromatic carbocycles. The molecule has 1 aliphatic carbocycles. The summed E-state index contributed by atoms with van der Waals surface area (Å²) in [6, 6.07) is 3.39. The molecule has 0 spiro atoms. The zero-order valence-corrected chi connectivity index (χ0v) is 13.3. The first-order valence-corrected chi connectivity index (χ1v) is 7.73. The second-order valence-corrected chi connectivity index (χ2v) is 5.82. The number of nitrogens with zero attached hydrogens (tertiary/aromatic N) is 2. The van der Waals surface area contributed by atoms with Crippen LogP contribution in [0.1, 0.15) is 25.7 Å². The number of rotatable bonds is 5. The molecule has 6 N–H and O–H groups in total. The van der Waals surface area contributed by atoms with E-state index < -0.39 is 5.91 Å². The van der Waals surface area contributed by atoms with Gasteiger partial charge >= 0.3 is 0 Å². The fourth-order valence-corrected chi connectivity index (χ4v) is 2.46. The van der Waals surface area contributed by atoms with Crippen LogP contribution in [0.25, 0.3) is 0 Å². The Morgan fingerprint density at radius 1 is 1.35 bits per heavy atom. The molecule has 1 heterocycles. The molecule has 0 radical (unpaired) electrons. The third-order valence-corrected chi connectivity index (χ3v) is 3.89. The lowest BCUT2D eigenvalue weighted by Gasteiger charge is -2.25. The van der Waals surface area contributed by atoms with E-state index in [1.165, 1.54) is 12.4 Å². The molecular weight excluding hydrogens is 318 g/mol. The molecule has 124 valence electrons. The number of amides is 1. The lowest BCUT2D eigenvalue weighted by molar-refractivity contribution is -0.114. The average molecular weight is 338 g/mol. The van der Waals surface area contributed by atoms with Crippen molar-refractivity contribution in [3.8, 4) is 0 Å². The van der Waals surface area contributed by atoms with Gasteiger partial charge < -0.3 is 21.9 Å². The molecule has 0 aliphatic heterocycles. The summed E-state index contributed by atoms with van der Waals surface area (Å²) >= 11 is 5.70. The number of primary amides is 1. The quantitative estimate of drug-likeness (QED) is 0.276. The van der Waals surface area contributed by atoms with Crippen LogP contribution in [-0.4, -0.2) is 34.0 Å². The zero-order chi connectivity index (χ0) is 16.8. The summed E-state index contributed by atoms with van der Waals surface area (Å²) in [5, 5.41) is 13.0. The third-order valence-electron chi connectivity index (χ3n) is 3.66. The summed E-state index contributed by atoms with van der Waals surface area (Å²) in [4.78, 5) is 19.6. The van der Waals surface area contributed by atoms with Crippen molar-refractivity contribution in [2.75, 3.05) is 0 Å². The minimum atomic E-state index is -0.670. The molecule has 8 heteroatoms. The van der Waals surface area contributed by atoms with E-state index in [1.54, 1.807) is 12.1 Å². The monoisotopic (exact) mass is 337 g/mol. The molecule has 1 aromatic rings. The predicted molar refractivity (Wildman–Crippen MR) is 89.2 cm³/mol. The number of nitrogens with one attached hydrogen (secondary N) is 1. The molecule has 0 saturated heterocycles. The number of hydrogen-bond acceptors (Lipinski definition) is 5. The number of aliphatic hydroxyl groups is 1. The molecule has 2 rings (SSSR count). The van der Waals surface area contributed by atoms with E-state index in [0.29, 0.717) is 10.8 Å². The topological polar surface area (TPSA) is 127 Å². The van der Waals surface area contributed by atoms with Gasteiger partial charge in [0.1, 0.15) is 11.0 Å². The Balaban J connectivity index is 2.09. The van der Waals surface area contributed by atoms with Crippen molar-refractivity contribution in [1.82, 2.24) is 10.3 Å². The van der Waals surface area contributed by atoms with Crippen LogP contribution in [0, 0.1) is 0 Å². The Morgan fingerprint density at radius 3 is 2.61 bits per heavy atom. The summed E-state index contributed by atoms with van der Waals surface area (Å²) < 4.78 is 0. The van der Waals surface area contributed by atoms with Gasteiger partial charge in [0.25, 0.3) is 5.91 Å². The number of aliphatic imine (C=N–C) groups is 1. The lowest BCUT2D eigenvalue weighted by Crippen LogP contribution is -2.34. The van der Waals surface area contributed by atoms with Crippen molar-refractivity contribution in [3.05, 3.63) is 35.3 Å². The highest BCUT2D eigenvalue weighted by Gasteiger charge is 2.19. The molecule has 1 aromatic heterocycles. The number of halogens is 1. The SMILES string of the molecule is NC(=O)/C(=C/NC1CCC(O)CC1)C(N)=Nc1ccc(Cl)nc1. The van der Waals surface area contributed by atoms with Crippen molar-refractivity contribution in [3.63, 3.8) is 0 Å². The van der Waals surface area contributed by atoms with Gasteiger partial charge in [0.15, 0.2) is 0 Å². The maximum atomic E-state index is 11.6. The molecule has 1 aliphatic rings. The van der Waals surface area contributed by atoms with Crippen LogP contribution in [0.15, 0.2) is 35.1 Å². The third kappa shape index (κ3) is 5.22. The minimum Gasteiger partial charge on any atom is -0.393 e. The number of nitrogens with two attached hydrogens (primary N) is 2. The van der Waals surface area contributed by atoms with Crippen LogP contribution in [0.4, 0.5) is 5.69 Å². The Labute approximate surface area is 139 Å². The minimum absolute atomic E-state index is 0.00460. The Hall–Kier alpha value is -2.12. The van der Waals surface area contributed by atoms with Crippen molar-refractivity contribution in [1.29, 1.82) is 0 Å². The van der Waals surface area contributed by atoms with Crippen LogP contribution in [0.2, 0.25) is 5.15 Å². The lowest BCUT2D eigenvalue weighted by atomic mass is 9.93. The first-order chi connectivity index (χ1) is 11.0. The second-order valence-electron chi connectivity index (χ2n) is 5.43. The van der Waals surface area contributed by atoms with E-state index >= 15 is 0 Å². The van der Waals surface area contributed by atoms with Gasteiger partial charge in [-0.1, -0.05) is 11.6 Å². The standard InChI is InChI=1S/C15H20ClN5O2/c16-13-6-3-10(7-20-13)21-14(17)12(15(18)23)8-19-9-1-4-11(22)5-2-9/h3,6-9,11,19,22H,1-2,4-5H2,(H2,17,21)(H2,18,23)/b12-8+. The van der Waals surface area contributed by atoms with Gasteiger partial charge in [0.05, 0.1) is 23.6 Å². The van der Waals surface area contributed by atoms with Crippen LogP contribution in [-0.2, 0) is 4.79 Å². The summed E-state index contributed by atoms with van der Waals surface area (Å²) in [6.07, 6.45) is 5.81. The molecule has 23 heavy (non-hydrogen) atoms. The van der Waals surface area contributed by atoms with E-state index in [-0.39, 0.29) is 23.6 Å². The van der Waals surface area contributed by atoms with Gasteiger partial charge in [-0.3, -0.25) is 4.79 Å². The summed E-state index contributed by atoms with van der Waals surface area (Å²) in [5.41, 5.74) is 11.8. The van der Waals surface area contributed by atoms with Crippen molar-refractivity contribution in [2.45, 2.75) is 37.8 Å². The number of carbonyl (C=O) groups excluding carboxylic acids is 1. The second kappa shape index (κ2) is 7.94. The van der Waals surface area contributed by atoms with Crippen LogP contribution in [0.3, 0.4) is 0 Å². The molecule has 1 saturated carbocycles. The van der Waals surface area contributed by atoms with Crippen LogP contribution in [0.5, 0.6) is 0 Å². The van der Waals surface area contributed by atoms with Crippen LogP contribution < -0.4 is 16.8 Å². The number of amidine groups is 1. The summed E-state index contributed by atoms with van der Waals surface area (Å²) in [5.74, 6) is -0.665. The zero-order valence-electron chi connectivity index (χ0n) is 12.6. The van der Waals surface area contributed by atoms with Gasteiger partial charge in [0, 0.05) is 12.2 Å². The molecule has 0 bridgehead atoms. The van der Waals surface area contributed by atoms with E-state index in [1.807, 2.05) is 0 Å². The molecule has 1 amide bonds. The van der Waals surface area contributed by atoms with Crippen molar-refractivity contribution < 1.29 is 9.90 Å². The number of hydrogen-bond donors (Lipinski definition) is 4. The van der Waals surface area contributed by atoms with Crippen molar-refractivity contribution in [2.24, 2.45) is 16.5 Å². The predicted octanol–water partition coefficient (Wildman–Crippen LogP) is 0.986. The summed E-state index contributed by atoms with van der Waals surface area (Å²) in [6.45, 7) is 0. The Morgan fingerprint density at radius 2 is 2.04 bits per heavy atom. The average Bonchev–Trinajstić information content (AvgIpc) is 2.51. The molecule has 7 nitrogen and oxygen atoms in total. The van der Waals surface area contributed by atoms with E-state index in [4.69, 9.17) is 23.1 Å². The largest absolute Gasteiger partial charge is 0.393 e. The normalized spacial score (nSPS) is 22.7. The highest BCUT2D eigenvalue weighted by molar-refractivity contribution is 6.29. The summed E-state index contributed by atoms with van der Waals surface area (Å²) in [7, 11) is 0. The molecule has 1 fully saturated rings. The van der Waals surface area contributed by atoms with Gasteiger partial charge in [0.2, 0.25) is 0 Å². The van der Waals surface area contributed by atoms with Gasteiger partial charge in [-0.05, 0) is 37.8 Å². The van der Waals surface area contributed by atoms with Crippen LogP contribution >= 0.6 is 11.6 Å². The fourth-order valence-electron chi connectivity index (χ4n) is 2.35. The van der Waals surface area contributed by atoms with E-state index in [9.17, 15) is 9.90 Å². The van der Waals surface area contributed by atoms with E-state index in [0.717, 1.165) is 25.7 Å². The maximum Gasteiger partial charge on any atom is 0.253 e. The molecule has 0 atom stereocenters. The molecular formula is C15H20ClN5O2. The Kier molecular flexibility index (Phi) is 5.95. The Bertz CT molecular complexity index is 607. The van der Waals surface area contributed by atoms with Gasteiger partial charge in [-0.2, -0.15) is 0 Å². The molecule has 0 unspecified atom stereocenters. The highest BCUT2D eigenvalue weighted by atomic mass is 35.5. The fraction of sp³-hybridized carbons (Fsp3) is 0.400.